The zero-order valence-electron chi connectivity index (χ0n) is 23.0. The number of thioether (sulfide) groups is 1. The van der Waals surface area contributed by atoms with E-state index in [9.17, 15) is 9.90 Å². The topological polar surface area (TPSA) is 62.2 Å². The fourth-order valence-electron chi connectivity index (χ4n) is 5.25. The third-order valence-corrected chi connectivity index (χ3v) is 8.60. The summed E-state index contributed by atoms with van der Waals surface area (Å²) in [7, 11) is 0. The first kappa shape index (κ1) is 29.7. The van der Waals surface area contributed by atoms with Crippen molar-refractivity contribution in [2.75, 3.05) is 5.75 Å². The lowest BCUT2D eigenvalue weighted by molar-refractivity contribution is 0.0474. The van der Waals surface area contributed by atoms with Gasteiger partial charge in [-0.1, -0.05) is 122 Å². The maximum absolute atomic E-state index is 12.3. The molecule has 204 valence electrons. The van der Waals surface area contributed by atoms with E-state index in [-0.39, 0.29) is 5.91 Å². The molecule has 0 aliphatic carbocycles. The number of nitrogens with one attached hydrogen (secondary N) is 1. The van der Waals surface area contributed by atoms with E-state index >= 15 is 0 Å². The van der Waals surface area contributed by atoms with Gasteiger partial charge in [-0.05, 0) is 30.4 Å². The van der Waals surface area contributed by atoms with Crippen LogP contribution in [0.25, 0.3) is 0 Å². The highest BCUT2D eigenvalue weighted by atomic mass is 32.2. The van der Waals surface area contributed by atoms with Crippen LogP contribution in [0.3, 0.4) is 0 Å². The summed E-state index contributed by atoms with van der Waals surface area (Å²) in [5.41, 5.74) is 0.215. The number of aliphatic hydroxyl groups is 1. The number of hydrogen-bond acceptors (Lipinski definition) is 4. The minimum atomic E-state index is -1.49. The lowest BCUT2D eigenvalue weighted by Crippen LogP contribution is -2.40. The van der Waals surface area contributed by atoms with E-state index in [4.69, 9.17) is 0 Å². The van der Waals surface area contributed by atoms with Gasteiger partial charge in [-0.25, -0.2) is 0 Å². The average Bonchev–Trinajstić information content (AvgIpc) is 3.19. The number of fused-ring (bicyclic) bond motifs is 1. The number of carbonyl (C=O) groups is 1. The molecule has 1 aromatic heterocycles. The Labute approximate surface area is 229 Å². The van der Waals surface area contributed by atoms with Gasteiger partial charge >= 0.3 is 0 Å². The van der Waals surface area contributed by atoms with Crippen molar-refractivity contribution in [2.24, 2.45) is 0 Å². The van der Waals surface area contributed by atoms with Gasteiger partial charge in [-0.15, -0.1) is 11.8 Å². The molecule has 1 aliphatic rings. The Morgan fingerprint density at radius 1 is 0.811 bits per heavy atom. The predicted octanol–water partition coefficient (Wildman–Crippen LogP) is 8.76. The summed E-state index contributed by atoms with van der Waals surface area (Å²) in [6, 6.07) is 9.61. The molecule has 3 rings (SSSR count). The second-order valence-electron chi connectivity index (χ2n) is 10.6. The monoisotopic (exact) mass is 524 g/mol. The van der Waals surface area contributed by atoms with Crippen LogP contribution in [-0.4, -0.2) is 21.8 Å². The van der Waals surface area contributed by atoms with Crippen molar-refractivity contribution in [3.63, 3.8) is 0 Å². The summed E-state index contributed by atoms with van der Waals surface area (Å²) in [5.74, 6) is 0.792. The molecule has 0 bridgehead atoms. The van der Waals surface area contributed by atoms with Crippen molar-refractivity contribution in [3.05, 3.63) is 59.4 Å². The SMILES string of the molecule is CCCCCCCCCCCCCCCCCCCSc1cccc(C2(O)NC(=O)c3cnccc32)c1. The number of amides is 1. The number of hydrogen-bond donors (Lipinski definition) is 2. The normalized spacial score (nSPS) is 16.6. The van der Waals surface area contributed by atoms with Crippen LogP contribution in [0.4, 0.5) is 0 Å². The molecule has 1 amide bonds. The molecular formula is C32H48N2O2S. The van der Waals surface area contributed by atoms with Crippen molar-refractivity contribution < 1.29 is 9.90 Å². The summed E-state index contributed by atoms with van der Waals surface area (Å²) in [4.78, 5) is 17.4. The van der Waals surface area contributed by atoms with E-state index in [2.05, 4.69) is 23.3 Å². The Balaban J connectivity index is 1.19. The average molecular weight is 525 g/mol. The van der Waals surface area contributed by atoms with Crippen molar-refractivity contribution >= 4 is 17.7 Å². The van der Waals surface area contributed by atoms with Crippen LogP contribution in [0.5, 0.6) is 0 Å². The highest BCUT2D eigenvalue weighted by molar-refractivity contribution is 7.99. The summed E-state index contributed by atoms with van der Waals surface area (Å²) in [6.07, 6.45) is 26.8. The lowest BCUT2D eigenvalue weighted by Gasteiger charge is -2.24. The quantitative estimate of drug-likeness (QED) is 0.134. The summed E-state index contributed by atoms with van der Waals surface area (Å²) in [6.45, 7) is 2.29. The Morgan fingerprint density at radius 2 is 1.38 bits per heavy atom. The van der Waals surface area contributed by atoms with Crippen molar-refractivity contribution in [2.45, 2.75) is 127 Å². The number of rotatable bonds is 20. The van der Waals surface area contributed by atoms with Gasteiger partial charge in [-0.2, -0.15) is 0 Å². The molecule has 4 nitrogen and oxygen atoms in total. The summed E-state index contributed by atoms with van der Waals surface area (Å²) in [5, 5.41) is 14.0. The molecule has 1 aromatic carbocycles. The Hall–Kier alpha value is -1.85. The lowest BCUT2D eigenvalue weighted by atomic mass is 9.96. The second kappa shape index (κ2) is 16.9. The maximum Gasteiger partial charge on any atom is 0.256 e. The predicted molar refractivity (Wildman–Crippen MR) is 156 cm³/mol. The van der Waals surface area contributed by atoms with E-state index in [1.807, 2.05) is 30.0 Å². The Kier molecular flexibility index (Phi) is 13.6. The highest BCUT2D eigenvalue weighted by Gasteiger charge is 2.42. The Bertz CT molecular complexity index is 935. The van der Waals surface area contributed by atoms with E-state index in [0.717, 1.165) is 10.6 Å². The first-order valence-electron chi connectivity index (χ1n) is 14.9. The molecule has 37 heavy (non-hydrogen) atoms. The first-order valence-corrected chi connectivity index (χ1v) is 15.9. The van der Waals surface area contributed by atoms with E-state index in [0.29, 0.717) is 16.7 Å². The van der Waals surface area contributed by atoms with Gasteiger partial charge in [-0.3, -0.25) is 9.78 Å². The number of carbonyl (C=O) groups excluding carboxylic acids is 1. The molecular weight excluding hydrogens is 476 g/mol. The van der Waals surface area contributed by atoms with E-state index in [1.165, 1.54) is 115 Å². The van der Waals surface area contributed by atoms with Gasteiger partial charge in [0.1, 0.15) is 0 Å². The molecule has 2 aromatic rings. The fourth-order valence-corrected chi connectivity index (χ4v) is 6.21. The molecule has 0 saturated carbocycles. The second-order valence-corrected chi connectivity index (χ2v) is 11.8. The summed E-state index contributed by atoms with van der Waals surface area (Å²) >= 11 is 1.83. The molecule has 1 aliphatic heterocycles. The molecule has 0 radical (unpaired) electrons. The zero-order valence-corrected chi connectivity index (χ0v) is 23.8. The first-order chi connectivity index (χ1) is 18.1. The number of nitrogens with zero attached hydrogens (tertiary/aromatic N) is 1. The van der Waals surface area contributed by atoms with Crippen molar-refractivity contribution in [1.82, 2.24) is 10.3 Å². The number of aromatic nitrogens is 1. The minimum absolute atomic E-state index is 0.285. The number of unbranched alkanes of at least 4 members (excludes halogenated alkanes) is 16. The van der Waals surface area contributed by atoms with Crippen LogP contribution < -0.4 is 5.32 Å². The standard InChI is InChI=1S/C32H48N2O2S/c1-2-3-4-5-6-7-8-9-10-11-12-13-14-15-16-17-18-24-37-28-21-19-20-27(25-28)32(36)30-22-23-33-26-29(30)31(35)34-32/h19-23,25-26,36H,2-18,24H2,1H3,(H,34,35). The van der Waals surface area contributed by atoms with Gasteiger partial charge in [0.2, 0.25) is 0 Å². The molecule has 0 saturated heterocycles. The van der Waals surface area contributed by atoms with Crippen LogP contribution in [0, 0.1) is 0 Å². The highest BCUT2D eigenvalue weighted by Crippen LogP contribution is 2.36. The molecule has 1 unspecified atom stereocenters. The smallest absolute Gasteiger partial charge is 0.256 e. The molecule has 1 atom stereocenters. The molecule has 2 heterocycles. The maximum atomic E-state index is 12.3. The van der Waals surface area contributed by atoms with Crippen molar-refractivity contribution in [3.8, 4) is 0 Å². The van der Waals surface area contributed by atoms with Gasteiger partial charge < -0.3 is 10.4 Å². The molecule has 0 fully saturated rings. The third-order valence-electron chi connectivity index (χ3n) is 7.52. The van der Waals surface area contributed by atoms with Gasteiger partial charge in [0, 0.05) is 28.4 Å². The molecule has 5 heteroatoms. The van der Waals surface area contributed by atoms with Gasteiger partial charge in [0.25, 0.3) is 5.91 Å². The van der Waals surface area contributed by atoms with Crippen LogP contribution in [-0.2, 0) is 5.72 Å². The van der Waals surface area contributed by atoms with Gasteiger partial charge in [0.15, 0.2) is 5.72 Å². The number of benzene rings is 1. The fraction of sp³-hybridized carbons (Fsp3) is 0.625. The van der Waals surface area contributed by atoms with E-state index < -0.39 is 5.72 Å². The third kappa shape index (κ3) is 9.76. The Morgan fingerprint density at radius 3 is 1.97 bits per heavy atom. The largest absolute Gasteiger partial charge is 0.363 e. The van der Waals surface area contributed by atoms with Crippen LogP contribution in [0.1, 0.15) is 138 Å². The van der Waals surface area contributed by atoms with Crippen LogP contribution in [0.15, 0.2) is 47.6 Å². The zero-order chi connectivity index (χ0) is 26.2. The van der Waals surface area contributed by atoms with Crippen LogP contribution in [0.2, 0.25) is 0 Å². The molecule has 2 N–H and O–H groups in total. The van der Waals surface area contributed by atoms with Crippen LogP contribution >= 0.6 is 11.8 Å². The molecule has 0 spiro atoms. The van der Waals surface area contributed by atoms with Gasteiger partial charge in [0.05, 0.1) is 5.56 Å². The van der Waals surface area contributed by atoms with Crippen molar-refractivity contribution in [1.29, 1.82) is 0 Å². The van der Waals surface area contributed by atoms with E-state index in [1.54, 1.807) is 12.3 Å². The minimum Gasteiger partial charge on any atom is -0.363 e. The summed E-state index contributed by atoms with van der Waals surface area (Å²) < 4.78 is 0. The number of pyridine rings is 1.